The van der Waals surface area contributed by atoms with Gasteiger partial charge in [-0.15, -0.1) is 24.8 Å². The number of benzene rings is 1. The van der Waals surface area contributed by atoms with Gasteiger partial charge in [-0.2, -0.15) is 0 Å². The summed E-state index contributed by atoms with van der Waals surface area (Å²) < 4.78 is 5.43. The van der Waals surface area contributed by atoms with Crippen molar-refractivity contribution < 1.29 is 9.53 Å². The molecule has 5 nitrogen and oxygen atoms in total. The highest BCUT2D eigenvalue weighted by Crippen LogP contribution is 2.31. The number of carbonyl (C=O) groups is 1. The Bertz CT molecular complexity index is 583. The zero-order chi connectivity index (χ0) is 19.1. The minimum absolute atomic E-state index is 0. The van der Waals surface area contributed by atoms with Crippen LogP contribution in [0.5, 0.6) is 0 Å². The summed E-state index contributed by atoms with van der Waals surface area (Å²) in [5.74, 6) is 0.948. The van der Waals surface area contributed by atoms with Crippen LogP contribution in [0.25, 0.3) is 0 Å². The van der Waals surface area contributed by atoms with Gasteiger partial charge >= 0.3 is 0 Å². The molecule has 29 heavy (non-hydrogen) atoms. The molecule has 2 heterocycles. The molecule has 0 aliphatic carbocycles. The SMILES string of the molecule is COCC1(C(=O)NCC(c2ccccc2)N2CCC(C)CC2)CCNCC1.Cl.Cl. The Hall–Kier alpha value is -0.850. The highest BCUT2D eigenvalue weighted by Gasteiger charge is 2.40. The van der Waals surface area contributed by atoms with E-state index in [0.29, 0.717) is 13.2 Å². The lowest BCUT2D eigenvalue weighted by Crippen LogP contribution is -2.52. The lowest BCUT2D eigenvalue weighted by molar-refractivity contribution is -0.136. The first-order chi connectivity index (χ1) is 13.1. The topological polar surface area (TPSA) is 53.6 Å². The van der Waals surface area contributed by atoms with Gasteiger partial charge in [-0.3, -0.25) is 9.69 Å². The second-order valence-corrected chi connectivity index (χ2v) is 8.32. The third kappa shape index (κ3) is 6.83. The van der Waals surface area contributed by atoms with Crippen LogP contribution in [0.15, 0.2) is 30.3 Å². The van der Waals surface area contributed by atoms with Crippen molar-refractivity contribution in [2.75, 3.05) is 46.4 Å². The van der Waals surface area contributed by atoms with Gasteiger partial charge in [0.2, 0.25) is 5.91 Å². The molecular formula is C22H37Cl2N3O2. The number of methoxy groups -OCH3 is 1. The smallest absolute Gasteiger partial charge is 0.228 e. The molecule has 2 aliphatic rings. The van der Waals surface area contributed by atoms with Crippen LogP contribution < -0.4 is 10.6 Å². The summed E-state index contributed by atoms with van der Waals surface area (Å²) >= 11 is 0. The van der Waals surface area contributed by atoms with Gasteiger partial charge < -0.3 is 15.4 Å². The quantitative estimate of drug-likeness (QED) is 0.674. The van der Waals surface area contributed by atoms with Crippen molar-refractivity contribution >= 4 is 30.7 Å². The third-order valence-electron chi connectivity index (χ3n) is 6.36. The Morgan fingerprint density at radius 2 is 1.83 bits per heavy atom. The number of ether oxygens (including phenoxy) is 1. The molecular weight excluding hydrogens is 409 g/mol. The number of likely N-dealkylation sites (tertiary alicyclic amines) is 1. The first kappa shape index (κ1) is 26.2. The first-order valence-electron chi connectivity index (χ1n) is 10.4. The average Bonchev–Trinajstić information content (AvgIpc) is 2.71. The van der Waals surface area contributed by atoms with Crippen molar-refractivity contribution in [1.82, 2.24) is 15.5 Å². The predicted octanol–water partition coefficient (Wildman–Crippen LogP) is 3.44. The van der Waals surface area contributed by atoms with Gasteiger partial charge in [0.15, 0.2) is 0 Å². The molecule has 1 aromatic carbocycles. The van der Waals surface area contributed by atoms with Crippen LogP contribution in [0.1, 0.15) is 44.2 Å². The summed E-state index contributed by atoms with van der Waals surface area (Å²) in [5.41, 5.74) is 0.899. The molecule has 1 atom stereocenters. The van der Waals surface area contributed by atoms with Gasteiger partial charge in [0.25, 0.3) is 0 Å². The Balaban J connectivity index is 0.00000210. The Morgan fingerprint density at radius 3 is 2.41 bits per heavy atom. The number of piperidine rings is 2. The first-order valence-corrected chi connectivity index (χ1v) is 10.4. The number of nitrogens with one attached hydrogen (secondary N) is 2. The van der Waals surface area contributed by atoms with Crippen LogP contribution in [0, 0.1) is 11.3 Å². The Morgan fingerprint density at radius 1 is 1.21 bits per heavy atom. The molecule has 0 saturated carbocycles. The molecule has 0 aromatic heterocycles. The maximum Gasteiger partial charge on any atom is 0.228 e. The van der Waals surface area contributed by atoms with Gasteiger partial charge in [-0.05, 0) is 63.3 Å². The molecule has 2 aliphatic heterocycles. The van der Waals surface area contributed by atoms with Crippen molar-refractivity contribution in [3.63, 3.8) is 0 Å². The van der Waals surface area contributed by atoms with Crippen LogP contribution in [0.4, 0.5) is 0 Å². The second kappa shape index (κ2) is 12.8. The van der Waals surface area contributed by atoms with E-state index in [1.165, 1.54) is 18.4 Å². The Labute approximate surface area is 188 Å². The zero-order valence-corrected chi connectivity index (χ0v) is 19.3. The third-order valence-corrected chi connectivity index (χ3v) is 6.36. The fraction of sp³-hybridized carbons (Fsp3) is 0.682. The Kier molecular flexibility index (Phi) is 11.5. The number of hydrogen-bond donors (Lipinski definition) is 2. The van der Waals surface area contributed by atoms with Crippen molar-refractivity contribution in [1.29, 1.82) is 0 Å². The lowest BCUT2D eigenvalue weighted by atomic mass is 9.78. The van der Waals surface area contributed by atoms with Crippen molar-refractivity contribution in [2.45, 2.75) is 38.6 Å². The molecule has 0 radical (unpaired) electrons. The van der Waals surface area contributed by atoms with E-state index in [1.54, 1.807) is 7.11 Å². The standard InChI is InChI=1S/C22H35N3O2.2ClH/c1-18-8-14-25(15-9-18)20(19-6-4-3-5-7-19)16-24-21(26)22(17-27-2)10-12-23-13-11-22;;/h3-7,18,20,23H,8-17H2,1-2H3,(H,24,26);2*1H. The van der Waals surface area contributed by atoms with Gasteiger partial charge in [-0.25, -0.2) is 0 Å². The van der Waals surface area contributed by atoms with Crippen molar-refractivity contribution in [2.24, 2.45) is 11.3 Å². The van der Waals surface area contributed by atoms with E-state index in [4.69, 9.17) is 4.74 Å². The van der Waals surface area contributed by atoms with Crippen LogP contribution in [0.2, 0.25) is 0 Å². The molecule has 0 bridgehead atoms. The molecule has 3 rings (SSSR count). The van der Waals surface area contributed by atoms with Crippen LogP contribution >= 0.6 is 24.8 Å². The van der Waals surface area contributed by atoms with Crippen LogP contribution in [-0.4, -0.2) is 57.2 Å². The fourth-order valence-corrected chi connectivity index (χ4v) is 4.47. The largest absolute Gasteiger partial charge is 0.384 e. The molecule has 1 amide bonds. The number of nitrogens with zero attached hydrogens (tertiary/aromatic N) is 1. The number of halogens is 2. The molecule has 166 valence electrons. The van der Waals surface area contributed by atoms with E-state index in [-0.39, 0.29) is 36.8 Å². The predicted molar refractivity (Wildman–Crippen MR) is 123 cm³/mol. The van der Waals surface area contributed by atoms with E-state index in [2.05, 4.69) is 52.8 Å². The monoisotopic (exact) mass is 445 g/mol. The molecule has 7 heteroatoms. The fourth-order valence-electron chi connectivity index (χ4n) is 4.47. The van der Waals surface area contributed by atoms with E-state index in [1.807, 2.05) is 0 Å². The number of amides is 1. The minimum Gasteiger partial charge on any atom is -0.384 e. The lowest BCUT2D eigenvalue weighted by Gasteiger charge is -2.39. The van der Waals surface area contributed by atoms with Crippen LogP contribution in [-0.2, 0) is 9.53 Å². The number of hydrogen-bond acceptors (Lipinski definition) is 4. The molecule has 1 aromatic rings. The van der Waals surface area contributed by atoms with E-state index in [0.717, 1.165) is 44.9 Å². The van der Waals surface area contributed by atoms with Crippen molar-refractivity contribution in [3.05, 3.63) is 35.9 Å². The normalized spacial score (nSPS) is 20.8. The van der Waals surface area contributed by atoms with E-state index < -0.39 is 5.41 Å². The maximum absolute atomic E-state index is 13.1. The van der Waals surface area contributed by atoms with Crippen molar-refractivity contribution in [3.8, 4) is 0 Å². The van der Waals surface area contributed by atoms with E-state index >= 15 is 0 Å². The van der Waals surface area contributed by atoms with E-state index in [9.17, 15) is 4.79 Å². The molecule has 2 fully saturated rings. The van der Waals surface area contributed by atoms with Gasteiger partial charge in [-0.1, -0.05) is 37.3 Å². The molecule has 0 spiro atoms. The van der Waals surface area contributed by atoms with Gasteiger partial charge in [0.1, 0.15) is 0 Å². The number of rotatable bonds is 7. The summed E-state index contributed by atoms with van der Waals surface area (Å²) in [6, 6.07) is 10.9. The maximum atomic E-state index is 13.1. The summed E-state index contributed by atoms with van der Waals surface area (Å²) in [4.78, 5) is 15.7. The zero-order valence-electron chi connectivity index (χ0n) is 17.7. The van der Waals surface area contributed by atoms with Gasteiger partial charge in [0.05, 0.1) is 18.1 Å². The van der Waals surface area contributed by atoms with Crippen LogP contribution in [0.3, 0.4) is 0 Å². The average molecular weight is 446 g/mol. The molecule has 2 N–H and O–H groups in total. The highest BCUT2D eigenvalue weighted by molar-refractivity contribution is 5.85. The second-order valence-electron chi connectivity index (χ2n) is 8.32. The van der Waals surface area contributed by atoms with Gasteiger partial charge in [0, 0.05) is 13.7 Å². The highest BCUT2D eigenvalue weighted by atomic mass is 35.5. The summed E-state index contributed by atoms with van der Waals surface area (Å²) in [5, 5.41) is 6.65. The summed E-state index contributed by atoms with van der Waals surface area (Å²) in [7, 11) is 1.69. The molecule has 1 unspecified atom stereocenters. The number of carbonyl (C=O) groups excluding carboxylic acids is 1. The minimum atomic E-state index is -0.391. The molecule has 2 saturated heterocycles. The summed E-state index contributed by atoms with van der Waals surface area (Å²) in [6.45, 7) is 7.45. The summed E-state index contributed by atoms with van der Waals surface area (Å²) in [6.07, 6.45) is 4.14.